The Balaban J connectivity index is 2.10. The summed E-state index contributed by atoms with van der Waals surface area (Å²) in [5, 5.41) is 4.84. The Morgan fingerprint density at radius 1 is 1.30 bits per heavy atom. The molecule has 20 heavy (non-hydrogen) atoms. The number of aryl methyl sites for hydroxylation is 1. The molecule has 0 radical (unpaired) electrons. The molecular weight excluding hydrogens is 266 g/mol. The zero-order valence-corrected chi connectivity index (χ0v) is 14.0. The predicted molar refractivity (Wildman–Crippen MR) is 89.7 cm³/mol. The van der Waals surface area contributed by atoms with Gasteiger partial charge in [-0.1, -0.05) is 20.8 Å². The van der Waals surface area contributed by atoms with E-state index >= 15 is 0 Å². The summed E-state index contributed by atoms with van der Waals surface area (Å²) in [6.07, 6.45) is 1.18. The topological polar surface area (TPSA) is 28.2 Å². The molecule has 112 valence electrons. The van der Waals surface area contributed by atoms with Crippen molar-refractivity contribution < 1.29 is 0 Å². The van der Waals surface area contributed by atoms with Gasteiger partial charge in [-0.15, -0.1) is 0 Å². The summed E-state index contributed by atoms with van der Waals surface area (Å²) in [6, 6.07) is 4.45. The number of nitrogens with one attached hydrogen (secondary N) is 1. The zero-order chi connectivity index (χ0) is 14.5. The quantitative estimate of drug-likeness (QED) is 0.844. The maximum atomic E-state index is 4.74. The van der Waals surface area contributed by atoms with Gasteiger partial charge in [-0.2, -0.15) is 11.8 Å². The molecule has 0 bridgehead atoms. The minimum Gasteiger partial charge on any atom is -0.354 e. The highest BCUT2D eigenvalue weighted by Gasteiger charge is 2.23. The van der Waals surface area contributed by atoms with Crippen molar-refractivity contribution in [3.05, 3.63) is 23.4 Å². The molecule has 1 N–H and O–H groups in total. The smallest absolute Gasteiger partial charge is 0.129 e. The monoisotopic (exact) mass is 293 g/mol. The molecule has 1 aromatic rings. The van der Waals surface area contributed by atoms with Crippen molar-refractivity contribution in [3.8, 4) is 0 Å². The fourth-order valence-corrected chi connectivity index (χ4v) is 4.08. The zero-order valence-electron chi connectivity index (χ0n) is 13.1. The first-order chi connectivity index (χ1) is 9.58. The SMILES string of the molecule is CCCNCc1cc(C)nc(N2CC(C)SC(C)C2)c1. The standard InChI is InChI=1S/C16H27N3S/c1-5-6-17-9-15-7-12(2)18-16(8-15)19-10-13(3)20-14(4)11-19/h7-8,13-14,17H,5-6,9-11H2,1-4H3. The second-order valence-corrected chi connectivity index (χ2v) is 7.70. The molecule has 0 saturated carbocycles. The summed E-state index contributed by atoms with van der Waals surface area (Å²) in [5.74, 6) is 1.15. The number of hydrogen-bond acceptors (Lipinski definition) is 4. The first-order valence-electron chi connectivity index (χ1n) is 7.67. The van der Waals surface area contributed by atoms with E-state index in [4.69, 9.17) is 4.98 Å². The summed E-state index contributed by atoms with van der Waals surface area (Å²) in [6.45, 7) is 13.1. The Hall–Kier alpha value is -0.740. The van der Waals surface area contributed by atoms with Crippen molar-refractivity contribution in [1.82, 2.24) is 10.3 Å². The first-order valence-corrected chi connectivity index (χ1v) is 8.61. The van der Waals surface area contributed by atoms with Crippen LogP contribution >= 0.6 is 11.8 Å². The van der Waals surface area contributed by atoms with Crippen LogP contribution in [0.4, 0.5) is 5.82 Å². The normalized spacial score (nSPS) is 23.1. The first kappa shape index (κ1) is 15.6. The number of pyridine rings is 1. The minimum absolute atomic E-state index is 0.683. The molecule has 2 atom stereocenters. The summed E-state index contributed by atoms with van der Waals surface area (Å²) in [7, 11) is 0. The molecule has 1 aliphatic heterocycles. The molecule has 0 amide bonds. The van der Waals surface area contributed by atoms with E-state index in [1.54, 1.807) is 0 Å². The average molecular weight is 293 g/mol. The number of thioether (sulfide) groups is 1. The van der Waals surface area contributed by atoms with Gasteiger partial charge in [0.2, 0.25) is 0 Å². The van der Waals surface area contributed by atoms with E-state index in [1.165, 1.54) is 12.0 Å². The molecular formula is C16H27N3S. The van der Waals surface area contributed by atoms with E-state index in [0.29, 0.717) is 10.5 Å². The van der Waals surface area contributed by atoms with Crippen LogP contribution in [0.5, 0.6) is 0 Å². The van der Waals surface area contributed by atoms with Crippen molar-refractivity contribution in [2.75, 3.05) is 24.5 Å². The summed E-state index contributed by atoms with van der Waals surface area (Å²) in [4.78, 5) is 7.19. The van der Waals surface area contributed by atoms with Gasteiger partial charge in [-0.25, -0.2) is 4.98 Å². The Morgan fingerprint density at radius 3 is 2.65 bits per heavy atom. The Labute approximate surface area is 127 Å². The molecule has 2 unspecified atom stereocenters. The number of hydrogen-bond donors (Lipinski definition) is 1. The molecule has 1 aromatic heterocycles. The van der Waals surface area contributed by atoms with Gasteiger partial charge in [0, 0.05) is 35.8 Å². The second kappa shape index (κ2) is 7.32. The van der Waals surface area contributed by atoms with E-state index in [1.807, 2.05) is 0 Å². The Bertz CT molecular complexity index is 426. The molecule has 3 nitrogen and oxygen atoms in total. The van der Waals surface area contributed by atoms with Crippen molar-refractivity contribution in [2.45, 2.75) is 51.2 Å². The highest BCUT2D eigenvalue weighted by molar-refractivity contribution is 8.00. The lowest BCUT2D eigenvalue weighted by Crippen LogP contribution is -2.41. The molecule has 4 heteroatoms. The molecule has 1 aliphatic rings. The van der Waals surface area contributed by atoms with Gasteiger partial charge in [-0.3, -0.25) is 0 Å². The number of anilines is 1. The van der Waals surface area contributed by atoms with Gasteiger partial charge in [-0.05, 0) is 37.6 Å². The third-order valence-electron chi connectivity index (χ3n) is 3.50. The van der Waals surface area contributed by atoms with E-state index in [9.17, 15) is 0 Å². The third-order valence-corrected chi connectivity index (χ3v) is 4.73. The maximum Gasteiger partial charge on any atom is 0.129 e. The molecule has 0 spiro atoms. The molecule has 1 saturated heterocycles. The van der Waals surface area contributed by atoms with Crippen LogP contribution in [0.15, 0.2) is 12.1 Å². The van der Waals surface area contributed by atoms with Crippen molar-refractivity contribution >= 4 is 17.6 Å². The van der Waals surface area contributed by atoms with Crippen LogP contribution in [-0.4, -0.2) is 35.1 Å². The van der Waals surface area contributed by atoms with Crippen LogP contribution in [0.1, 0.15) is 38.4 Å². The van der Waals surface area contributed by atoms with Crippen molar-refractivity contribution in [3.63, 3.8) is 0 Å². The van der Waals surface area contributed by atoms with Gasteiger partial charge in [0.1, 0.15) is 5.82 Å². The van der Waals surface area contributed by atoms with E-state index in [-0.39, 0.29) is 0 Å². The number of aromatic nitrogens is 1. The third kappa shape index (κ3) is 4.38. The van der Waals surface area contributed by atoms with Gasteiger partial charge in [0.05, 0.1) is 0 Å². The van der Waals surface area contributed by atoms with Crippen LogP contribution < -0.4 is 10.2 Å². The van der Waals surface area contributed by atoms with E-state index in [2.05, 4.69) is 61.8 Å². The summed E-state index contributed by atoms with van der Waals surface area (Å²) < 4.78 is 0. The van der Waals surface area contributed by atoms with Crippen LogP contribution in [0, 0.1) is 6.92 Å². The molecule has 0 aliphatic carbocycles. The fourth-order valence-electron chi connectivity index (χ4n) is 2.76. The average Bonchev–Trinajstić information content (AvgIpc) is 2.37. The highest BCUT2D eigenvalue weighted by atomic mass is 32.2. The van der Waals surface area contributed by atoms with Gasteiger partial charge in [0.15, 0.2) is 0 Å². The van der Waals surface area contributed by atoms with Crippen LogP contribution in [-0.2, 0) is 6.54 Å². The lowest BCUT2D eigenvalue weighted by Gasteiger charge is -2.35. The van der Waals surface area contributed by atoms with Gasteiger partial charge >= 0.3 is 0 Å². The van der Waals surface area contributed by atoms with E-state index < -0.39 is 0 Å². The van der Waals surface area contributed by atoms with Crippen LogP contribution in [0.25, 0.3) is 0 Å². The largest absolute Gasteiger partial charge is 0.354 e. The Morgan fingerprint density at radius 2 is 2.00 bits per heavy atom. The number of rotatable bonds is 5. The molecule has 2 rings (SSSR count). The maximum absolute atomic E-state index is 4.74. The van der Waals surface area contributed by atoms with Crippen LogP contribution in [0.3, 0.4) is 0 Å². The Kier molecular flexibility index (Phi) is 5.73. The van der Waals surface area contributed by atoms with E-state index in [0.717, 1.165) is 37.7 Å². The molecule has 0 aromatic carbocycles. The lowest BCUT2D eigenvalue weighted by molar-refractivity contribution is 0.672. The molecule has 2 heterocycles. The lowest BCUT2D eigenvalue weighted by atomic mass is 10.2. The second-order valence-electron chi connectivity index (χ2n) is 5.81. The van der Waals surface area contributed by atoms with Crippen LogP contribution in [0.2, 0.25) is 0 Å². The predicted octanol–water partition coefficient (Wildman–Crippen LogP) is 3.22. The van der Waals surface area contributed by atoms with Gasteiger partial charge < -0.3 is 10.2 Å². The summed E-state index contributed by atoms with van der Waals surface area (Å²) in [5.41, 5.74) is 2.47. The minimum atomic E-state index is 0.683. The highest BCUT2D eigenvalue weighted by Crippen LogP contribution is 2.28. The summed E-state index contributed by atoms with van der Waals surface area (Å²) >= 11 is 2.08. The number of nitrogens with zero attached hydrogens (tertiary/aromatic N) is 2. The van der Waals surface area contributed by atoms with Crippen molar-refractivity contribution in [2.24, 2.45) is 0 Å². The van der Waals surface area contributed by atoms with Crippen molar-refractivity contribution in [1.29, 1.82) is 0 Å². The van der Waals surface area contributed by atoms with Gasteiger partial charge in [0.25, 0.3) is 0 Å². The fraction of sp³-hybridized carbons (Fsp3) is 0.688. The molecule has 1 fully saturated rings.